The van der Waals surface area contributed by atoms with Gasteiger partial charge in [0.25, 0.3) is 0 Å². The van der Waals surface area contributed by atoms with Gasteiger partial charge in [0, 0.05) is 37.0 Å². The number of nitrogens with zero attached hydrogens (tertiary/aromatic N) is 3. The molecule has 0 radical (unpaired) electrons. The first-order chi connectivity index (χ1) is 36.4. The summed E-state index contributed by atoms with van der Waals surface area (Å²) in [5.41, 5.74) is 8.85. The van der Waals surface area contributed by atoms with Crippen molar-refractivity contribution in [3.8, 4) is 5.75 Å². The molecule has 0 aliphatic carbocycles. The highest BCUT2D eigenvalue weighted by Crippen LogP contribution is 2.41. The minimum atomic E-state index is -1.44. The van der Waals surface area contributed by atoms with Gasteiger partial charge in [0.15, 0.2) is 0 Å². The topological polar surface area (TPSA) is 218 Å². The number of hydrogen-bond donors (Lipinski definition) is 5. The van der Waals surface area contributed by atoms with Crippen LogP contribution in [0, 0.1) is 0 Å². The zero-order valence-electron chi connectivity index (χ0n) is 45.3. The van der Waals surface area contributed by atoms with Crippen LogP contribution in [0.5, 0.6) is 5.75 Å². The number of carbonyl (C=O) groups is 5. The molecule has 7 rings (SSSR count). The third-order valence-corrected chi connectivity index (χ3v) is 12.5. The van der Waals surface area contributed by atoms with Crippen LogP contribution in [0.15, 0.2) is 158 Å². The van der Waals surface area contributed by atoms with Gasteiger partial charge in [0.1, 0.15) is 40.6 Å². The number of amides is 3. The zero-order chi connectivity index (χ0) is 55.7. The average molecular weight is 1050 g/mol. The fraction of sp³-hybridized carbons (Fsp3) is 0.344. The average Bonchev–Trinajstić information content (AvgIpc) is 4.04. The molecule has 0 spiro atoms. The van der Waals surface area contributed by atoms with E-state index in [1.54, 1.807) is 103 Å². The minimum Gasteiger partial charge on any atom is -0.488 e. The first kappa shape index (κ1) is 56.6. The van der Waals surface area contributed by atoms with Gasteiger partial charge < -0.3 is 45.6 Å². The highest BCUT2D eigenvalue weighted by atomic mass is 16.6. The SMILES string of the molecule is CC(C)(C)OC[C@H](NC(=O)[C@H](Cc1cn(C(=O)OC(C)(C)C)c2ccccc12)NC(=O)[C@@H](N)Cc1cn(C(c2ccccc2)(c2ccccc2)c2ccccc2)cn1)C(=O)N[C@@H](Cc1ccc(OC(C)(C)C)cc1)C(=O)O. The first-order valence-corrected chi connectivity index (χ1v) is 25.7. The number of ether oxygens (including phenoxy) is 3. The monoisotopic (exact) mass is 1050 g/mol. The summed E-state index contributed by atoms with van der Waals surface area (Å²) in [6, 6.07) is 38.7. The van der Waals surface area contributed by atoms with Crippen LogP contribution < -0.4 is 26.4 Å². The second kappa shape index (κ2) is 23.9. The summed E-state index contributed by atoms with van der Waals surface area (Å²) in [7, 11) is 0. The fourth-order valence-electron chi connectivity index (χ4n) is 9.08. The second-order valence-electron chi connectivity index (χ2n) is 22.1. The van der Waals surface area contributed by atoms with E-state index in [1.807, 2.05) is 86.1 Å². The molecule has 3 amide bonds. The van der Waals surface area contributed by atoms with E-state index >= 15 is 0 Å². The van der Waals surface area contributed by atoms with Gasteiger partial charge in [0.05, 0.1) is 35.8 Å². The van der Waals surface area contributed by atoms with Gasteiger partial charge in [0.2, 0.25) is 17.7 Å². The number of rotatable bonds is 20. The predicted octanol–water partition coefficient (Wildman–Crippen LogP) is 8.35. The maximum Gasteiger partial charge on any atom is 0.419 e. The molecular weight excluding hydrogens is 975 g/mol. The molecule has 0 fully saturated rings. The standard InChI is InChI=1S/C61H71N7O9/c1-58(2,3)75-38-51(55(71)65-50(56(72)73)33-40-29-31-46(32-30-40)76-59(4,5)6)66-54(70)49(34-41-36-68(57(74)77-60(7,8)9)52-28-20-19-27-47(41)52)64-53(69)48(62)35-45-37-67(39-63-45)61(42-21-13-10-14-22-42,43-23-15-11-16-24-43)44-25-17-12-18-26-44/h10-32,36-37,39,48-51H,33-35,38,62H2,1-9H3,(H,64,69)(H,65,71)(H,66,70)(H,72,73)/t48-,49-,50-,51-/m0/s1. The Bertz CT molecular complexity index is 3040. The number of hydrogen-bond acceptors (Lipinski definition) is 10. The zero-order valence-corrected chi connectivity index (χ0v) is 45.3. The lowest BCUT2D eigenvalue weighted by molar-refractivity contribution is -0.143. The third kappa shape index (κ3) is 14.7. The van der Waals surface area contributed by atoms with Crippen molar-refractivity contribution in [1.82, 2.24) is 30.1 Å². The van der Waals surface area contributed by atoms with Gasteiger partial charge in [-0.15, -0.1) is 0 Å². The number of aliphatic carboxylic acids is 1. The molecule has 77 heavy (non-hydrogen) atoms. The number of nitrogens with one attached hydrogen (secondary N) is 3. The number of fused-ring (bicyclic) bond motifs is 1. The number of aromatic nitrogens is 3. The van der Waals surface area contributed by atoms with E-state index in [0.717, 1.165) is 16.7 Å². The Labute approximate surface area is 450 Å². The molecule has 0 saturated heterocycles. The smallest absolute Gasteiger partial charge is 0.419 e. The molecule has 0 bridgehead atoms. The molecule has 0 aliphatic heterocycles. The Kier molecular flexibility index (Phi) is 17.5. The Balaban J connectivity index is 1.19. The summed E-state index contributed by atoms with van der Waals surface area (Å²) < 4.78 is 21.1. The van der Waals surface area contributed by atoms with Gasteiger partial charge in [-0.1, -0.05) is 121 Å². The van der Waals surface area contributed by atoms with Crippen LogP contribution in [0.4, 0.5) is 4.79 Å². The third-order valence-electron chi connectivity index (χ3n) is 12.5. The lowest BCUT2D eigenvalue weighted by Crippen LogP contribution is -2.59. The van der Waals surface area contributed by atoms with Crippen LogP contribution in [-0.4, -0.2) is 96.6 Å². The van der Waals surface area contributed by atoms with E-state index in [4.69, 9.17) is 24.9 Å². The first-order valence-electron chi connectivity index (χ1n) is 25.7. The van der Waals surface area contributed by atoms with Crippen LogP contribution in [0.25, 0.3) is 10.9 Å². The predicted molar refractivity (Wildman–Crippen MR) is 295 cm³/mol. The Morgan fingerprint density at radius 3 is 1.64 bits per heavy atom. The van der Waals surface area contributed by atoms with Crippen molar-refractivity contribution in [3.63, 3.8) is 0 Å². The van der Waals surface area contributed by atoms with Gasteiger partial charge >= 0.3 is 12.1 Å². The number of nitrogens with two attached hydrogens (primary N) is 1. The van der Waals surface area contributed by atoms with Gasteiger partial charge in [-0.25, -0.2) is 14.6 Å². The molecule has 5 aromatic carbocycles. The van der Waals surface area contributed by atoms with E-state index < -0.39 is 76.3 Å². The van der Waals surface area contributed by atoms with Gasteiger partial charge in [-0.3, -0.25) is 19.0 Å². The van der Waals surface area contributed by atoms with Crippen molar-refractivity contribution < 1.29 is 43.3 Å². The molecule has 0 unspecified atom stereocenters. The molecular formula is C61H71N7O9. The largest absolute Gasteiger partial charge is 0.488 e. The second-order valence-corrected chi connectivity index (χ2v) is 22.1. The van der Waals surface area contributed by atoms with Crippen molar-refractivity contribution >= 4 is 40.7 Å². The number of imidazole rings is 1. The molecule has 4 atom stereocenters. The number of carboxylic acids is 1. The fourth-order valence-corrected chi connectivity index (χ4v) is 9.08. The Hall–Kier alpha value is -8.08. The molecule has 404 valence electrons. The summed E-state index contributed by atoms with van der Waals surface area (Å²) in [5, 5.41) is 19.2. The number of carboxylic acid groups (broad SMARTS) is 1. The quantitative estimate of drug-likeness (QED) is 0.0457. The molecule has 7 aromatic rings. The number of carbonyl (C=O) groups excluding carboxylic acids is 4. The van der Waals surface area contributed by atoms with Gasteiger partial charge in [-0.05, 0) is 108 Å². The van der Waals surface area contributed by atoms with Crippen LogP contribution in [0.1, 0.15) is 95.8 Å². The molecule has 2 aromatic heterocycles. The Morgan fingerprint density at radius 2 is 1.10 bits per heavy atom. The normalized spacial score (nSPS) is 13.7. The van der Waals surface area contributed by atoms with Crippen LogP contribution in [-0.2, 0) is 53.5 Å². The Morgan fingerprint density at radius 1 is 0.584 bits per heavy atom. The molecule has 2 heterocycles. The highest BCUT2D eigenvalue weighted by molar-refractivity contribution is 5.96. The summed E-state index contributed by atoms with van der Waals surface area (Å²) in [5.74, 6) is -3.04. The summed E-state index contributed by atoms with van der Waals surface area (Å²) in [6.07, 6.45) is 4.21. The van der Waals surface area contributed by atoms with Crippen LogP contribution in [0.3, 0.4) is 0 Å². The maximum absolute atomic E-state index is 14.9. The molecule has 0 aliphatic rings. The number of benzene rings is 5. The molecule has 16 heteroatoms. The maximum atomic E-state index is 14.9. The molecule has 16 nitrogen and oxygen atoms in total. The van der Waals surface area contributed by atoms with E-state index in [2.05, 4.69) is 52.3 Å². The van der Waals surface area contributed by atoms with Gasteiger partial charge in [-0.2, -0.15) is 0 Å². The molecule has 6 N–H and O–H groups in total. The van der Waals surface area contributed by atoms with Crippen molar-refractivity contribution in [1.29, 1.82) is 0 Å². The van der Waals surface area contributed by atoms with Crippen LogP contribution >= 0.6 is 0 Å². The van der Waals surface area contributed by atoms with Crippen molar-refractivity contribution in [3.05, 3.63) is 192 Å². The van der Waals surface area contributed by atoms with Crippen molar-refractivity contribution in [2.24, 2.45) is 5.73 Å². The summed E-state index contributed by atoms with van der Waals surface area (Å²) in [4.78, 5) is 74.8. The van der Waals surface area contributed by atoms with E-state index in [-0.39, 0.29) is 25.9 Å². The van der Waals surface area contributed by atoms with E-state index in [9.17, 15) is 29.1 Å². The lowest BCUT2D eigenvalue weighted by atomic mass is 9.77. The highest BCUT2D eigenvalue weighted by Gasteiger charge is 2.39. The minimum absolute atomic E-state index is 0.0348. The van der Waals surface area contributed by atoms with E-state index in [0.29, 0.717) is 33.5 Å². The van der Waals surface area contributed by atoms with E-state index in [1.165, 1.54) is 4.57 Å². The summed E-state index contributed by atoms with van der Waals surface area (Å²) in [6.45, 7) is 16.0. The summed E-state index contributed by atoms with van der Waals surface area (Å²) >= 11 is 0. The molecule has 0 saturated carbocycles. The number of para-hydroxylation sites is 1. The van der Waals surface area contributed by atoms with Crippen molar-refractivity contribution in [2.45, 2.75) is 128 Å². The lowest BCUT2D eigenvalue weighted by Gasteiger charge is -2.37. The van der Waals surface area contributed by atoms with Crippen molar-refractivity contribution in [2.75, 3.05) is 6.61 Å². The van der Waals surface area contributed by atoms with Crippen LogP contribution in [0.2, 0.25) is 0 Å².